The number of halogens is 1. The first-order valence-electron chi connectivity index (χ1n) is 6.13. The smallest absolute Gasteiger partial charge is 0.191 e. The number of nitrogens with one attached hydrogen (secondary N) is 2. The van der Waals surface area contributed by atoms with Gasteiger partial charge < -0.3 is 10.6 Å². The molecule has 1 aromatic heterocycles. The van der Waals surface area contributed by atoms with Crippen LogP contribution >= 0.6 is 24.0 Å². The van der Waals surface area contributed by atoms with Gasteiger partial charge in [-0.15, -0.1) is 24.0 Å². The van der Waals surface area contributed by atoms with Crippen LogP contribution in [0.3, 0.4) is 0 Å². The first-order chi connectivity index (χ1) is 8.27. The van der Waals surface area contributed by atoms with Crippen LogP contribution in [0.2, 0.25) is 0 Å². The van der Waals surface area contributed by atoms with E-state index >= 15 is 0 Å². The summed E-state index contributed by atoms with van der Waals surface area (Å²) in [6.07, 6.45) is 4.16. The van der Waals surface area contributed by atoms with E-state index in [4.69, 9.17) is 0 Å². The van der Waals surface area contributed by atoms with Crippen LogP contribution in [-0.2, 0) is 6.54 Å². The summed E-state index contributed by atoms with van der Waals surface area (Å²) in [7, 11) is 1.78. The fourth-order valence-corrected chi connectivity index (χ4v) is 1.48. The monoisotopic (exact) mass is 362 g/mol. The summed E-state index contributed by atoms with van der Waals surface area (Å²) in [5, 5.41) is 6.53. The molecule has 0 aromatic carbocycles. The van der Waals surface area contributed by atoms with E-state index in [1.807, 2.05) is 12.3 Å². The Labute approximate surface area is 127 Å². The summed E-state index contributed by atoms with van der Waals surface area (Å²) < 4.78 is 0. The molecule has 0 spiro atoms. The molecule has 0 aliphatic heterocycles. The van der Waals surface area contributed by atoms with Crippen LogP contribution in [0.1, 0.15) is 31.0 Å². The van der Waals surface area contributed by atoms with Crippen LogP contribution in [-0.4, -0.2) is 24.5 Å². The van der Waals surface area contributed by atoms with Crippen LogP contribution in [0.4, 0.5) is 0 Å². The SMILES string of the molecule is CCCCNC(=NC)NCc1ncccc1C.I. The topological polar surface area (TPSA) is 49.3 Å². The summed E-state index contributed by atoms with van der Waals surface area (Å²) >= 11 is 0. The van der Waals surface area contributed by atoms with Crippen LogP contribution in [0, 0.1) is 6.92 Å². The second kappa shape index (κ2) is 10.1. The van der Waals surface area contributed by atoms with Crippen LogP contribution in [0.15, 0.2) is 23.3 Å². The van der Waals surface area contributed by atoms with Gasteiger partial charge in [0.2, 0.25) is 0 Å². The van der Waals surface area contributed by atoms with Crippen LogP contribution in [0.5, 0.6) is 0 Å². The molecule has 18 heavy (non-hydrogen) atoms. The van der Waals surface area contributed by atoms with Gasteiger partial charge in [-0.05, 0) is 25.0 Å². The molecule has 0 unspecified atom stereocenters. The Morgan fingerprint density at radius 1 is 1.39 bits per heavy atom. The third-order valence-electron chi connectivity index (χ3n) is 2.59. The van der Waals surface area contributed by atoms with Crippen molar-refractivity contribution in [2.24, 2.45) is 4.99 Å². The number of rotatable bonds is 5. The Morgan fingerprint density at radius 3 is 2.78 bits per heavy atom. The highest BCUT2D eigenvalue weighted by Crippen LogP contribution is 2.01. The van der Waals surface area contributed by atoms with E-state index in [-0.39, 0.29) is 24.0 Å². The van der Waals surface area contributed by atoms with Crippen molar-refractivity contribution >= 4 is 29.9 Å². The average Bonchev–Trinajstić information content (AvgIpc) is 2.35. The van der Waals surface area contributed by atoms with E-state index in [0.717, 1.165) is 24.6 Å². The van der Waals surface area contributed by atoms with Gasteiger partial charge in [0, 0.05) is 19.8 Å². The van der Waals surface area contributed by atoms with Crippen molar-refractivity contribution in [3.8, 4) is 0 Å². The highest BCUT2D eigenvalue weighted by Gasteiger charge is 2.00. The molecule has 1 rings (SSSR count). The molecule has 5 heteroatoms. The number of aromatic nitrogens is 1. The molecule has 1 heterocycles. The number of pyridine rings is 1. The maximum absolute atomic E-state index is 4.34. The van der Waals surface area contributed by atoms with Crippen LogP contribution < -0.4 is 10.6 Å². The molecule has 0 bridgehead atoms. The van der Waals surface area contributed by atoms with E-state index in [0.29, 0.717) is 6.54 Å². The predicted molar refractivity (Wildman–Crippen MR) is 87.5 cm³/mol. The Morgan fingerprint density at radius 2 is 2.17 bits per heavy atom. The minimum absolute atomic E-state index is 0. The van der Waals surface area contributed by atoms with Crippen molar-refractivity contribution in [3.05, 3.63) is 29.6 Å². The average molecular weight is 362 g/mol. The molecule has 0 saturated carbocycles. The first kappa shape index (κ1) is 17.2. The van der Waals surface area contributed by atoms with E-state index < -0.39 is 0 Å². The lowest BCUT2D eigenvalue weighted by Gasteiger charge is -2.12. The molecule has 1 aromatic rings. The summed E-state index contributed by atoms with van der Waals surface area (Å²) in [6, 6.07) is 4.02. The lowest BCUT2D eigenvalue weighted by molar-refractivity contribution is 0.724. The molecule has 0 aliphatic carbocycles. The van der Waals surface area contributed by atoms with Crippen molar-refractivity contribution in [3.63, 3.8) is 0 Å². The van der Waals surface area contributed by atoms with E-state index in [2.05, 4.69) is 40.5 Å². The normalized spacial score (nSPS) is 10.7. The Balaban J connectivity index is 0.00000289. The maximum Gasteiger partial charge on any atom is 0.191 e. The minimum Gasteiger partial charge on any atom is -0.356 e. The highest BCUT2D eigenvalue weighted by molar-refractivity contribution is 14.0. The van der Waals surface area contributed by atoms with Gasteiger partial charge in [-0.2, -0.15) is 0 Å². The lowest BCUT2D eigenvalue weighted by atomic mass is 10.2. The Hall–Kier alpha value is -0.850. The van der Waals surface area contributed by atoms with Gasteiger partial charge in [-0.25, -0.2) is 0 Å². The zero-order chi connectivity index (χ0) is 12.5. The van der Waals surface area contributed by atoms with Crippen molar-refractivity contribution < 1.29 is 0 Å². The maximum atomic E-state index is 4.34. The fourth-order valence-electron chi connectivity index (χ4n) is 1.48. The van der Waals surface area contributed by atoms with Gasteiger partial charge in [-0.3, -0.25) is 9.98 Å². The molecular weight excluding hydrogens is 339 g/mol. The number of guanidine groups is 1. The summed E-state index contributed by atoms with van der Waals surface area (Å²) in [5.74, 6) is 0.837. The van der Waals surface area contributed by atoms with Gasteiger partial charge in [0.05, 0.1) is 12.2 Å². The zero-order valence-corrected chi connectivity index (χ0v) is 13.7. The van der Waals surface area contributed by atoms with Crippen molar-refractivity contribution in [1.82, 2.24) is 15.6 Å². The molecule has 2 N–H and O–H groups in total. The fraction of sp³-hybridized carbons (Fsp3) is 0.538. The standard InChI is InChI=1S/C13H22N4.HI/c1-4-5-8-16-13(14-3)17-10-12-11(2)7-6-9-15-12;/h6-7,9H,4-5,8,10H2,1-3H3,(H2,14,16,17);1H. The summed E-state index contributed by atoms with van der Waals surface area (Å²) in [5.41, 5.74) is 2.26. The number of hydrogen-bond donors (Lipinski definition) is 2. The summed E-state index contributed by atoms with van der Waals surface area (Å²) in [4.78, 5) is 8.51. The molecule has 0 aliphatic rings. The van der Waals surface area contributed by atoms with E-state index in [1.54, 1.807) is 7.05 Å². The molecular formula is C13H23IN4. The zero-order valence-electron chi connectivity index (χ0n) is 11.4. The third-order valence-corrected chi connectivity index (χ3v) is 2.59. The molecule has 4 nitrogen and oxygen atoms in total. The van der Waals surface area contributed by atoms with Crippen molar-refractivity contribution in [1.29, 1.82) is 0 Å². The summed E-state index contributed by atoms with van der Waals surface area (Å²) in [6.45, 7) is 5.91. The number of aliphatic imine (C=N–C) groups is 1. The first-order valence-corrected chi connectivity index (χ1v) is 6.13. The van der Waals surface area contributed by atoms with Gasteiger partial charge >= 0.3 is 0 Å². The van der Waals surface area contributed by atoms with E-state index in [1.165, 1.54) is 12.0 Å². The quantitative estimate of drug-likeness (QED) is 0.366. The molecule has 0 fully saturated rings. The molecule has 102 valence electrons. The third kappa shape index (κ3) is 6.18. The Kier molecular flexibility index (Phi) is 9.63. The number of unbranched alkanes of at least 4 members (excludes halogenated alkanes) is 1. The van der Waals surface area contributed by atoms with Crippen molar-refractivity contribution in [2.75, 3.05) is 13.6 Å². The van der Waals surface area contributed by atoms with Crippen LogP contribution in [0.25, 0.3) is 0 Å². The van der Waals surface area contributed by atoms with Gasteiger partial charge in [-0.1, -0.05) is 19.4 Å². The molecule has 0 atom stereocenters. The minimum atomic E-state index is 0. The number of hydrogen-bond acceptors (Lipinski definition) is 2. The molecule has 0 radical (unpaired) electrons. The number of aryl methyl sites for hydroxylation is 1. The molecule has 0 saturated heterocycles. The number of nitrogens with zero attached hydrogens (tertiary/aromatic N) is 2. The van der Waals surface area contributed by atoms with Gasteiger partial charge in [0.15, 0.2) is 5.96 Å². The Bertz CT molecular complexity index is 366. The van der Waals surface area contributed by atoms with Gasteiger partial charge in [0.1, 0.15) is 0 Å². The van der Waals surface area contributed by atoms with E-state index in [9.17, 15) is 0 Å². The second-order valence-electron chi connectivity index (χ2n) is 3.97. The van der Waals surface area contributed by atoms with Gasteiger partial charge in [0.25, 0.3) is 0 Å². The van der Waals surface area contributed by atoms with Crippen molar-refractivity contribution in [2.45, 2.75) is 33.2 Å². The second-order valence-corrected chi connectivity index (χ2v) is 3.97. The molecule has 0 amide bonds. The highest BCUT2D eigenvalue weighted by atomic mass is 127. The predicted octanol–water partition coefficient (Wildman–Crippen LogP) is 2.47. The largest absolute Gasteiger partial charge is 0.356 e. The lowest BCUT2D eigenvalue weighted by Crippen LogP contribution is -2.37.